The minimum Gasteiger partial charge on any atom is -0.462 e. The van der Waals surface area contributed by atoms with Gasteiger partial charge in [0.05, 0.1) is 35.8 Å². The summed E-state index contributed by atoms with van der Waals surface area (Å²) < 4.78 is 11.2. The number of anilines is 1. The predicted octanol–water partition coefficient (Wildman–Crippen LogP) is 4.87. The molecule has 10 heteroatoms. The molecule has 196 valence electrons. The molecular weight excluding hydrogens is 545 g/mol. The number of carbonyl (C=O) groups excluding carboxylic acids is 5. The van der Waals surface area contributed by atoms with Crippen LogP contribution in [0, 0.1) is 11.8 Å². The minimum absolute atomic E-state index is 0.126. The van der Waals surface area contributed by atoms with Crippen LogP contribution in [0.5, 0.6) is 0 Å². The lowest BCUT2D eigenvalue weighted by Crippen LogP contribution is -2.51. The maximum atomic E-state index is 14.0. The first-order valence-corrected chi connectivity index (χ1v) is 12.9. The van der Waals surface area contributed by atoms with Gasteiger partial charge >= 0.3 is 5.97 Å². The third-order valence-corrected chi connectivity index (χ3v) is 7.99. The third kappa shape index (κ3) is 3.52. The predicted molar refractivity (Wildman–Crippen MR) is 140 cm³/mol. The van der Waals surface area contributed by atoms with Gasteiger partial charge in [0.2, 0.25) is 29.0 Å². The molecule has 0 bridgehead atoms. The Balaban J connectivity index is 1.48. The lowest BCUT2D eigenvalue weighted by Gasteiger charge is -2.27. The van der Waals surface area contributed by atoms with Gasteiger partial charge in [-0.3, -0.25) is 19.2 Å². The fourth-order valence-electron chi connectivity index (χ4n) is 5.75. The number of esters is 1. The molecule has 8 nitrogen and oxygen atoms in total. The van der Waals surface area contributed by atoms with E-state index in [0.717, 1.165) is 4.90 Å². The van der Waals surface area contributed by atoms with Gasteiger partial charge in [0.15, 0.2) is 0 Å². The number of ketones is 2. The number of hydrogen-bond donors (Lipinski definition) is 0. The highest BCUT2D eigenvalue weighted by Gasteiger charge is 2.74. The highest BCUT2D eigenvalue weighted by Crippen LogP contribution is 2.58. The number of amides is 2. The molecule has 3 atom stereocenters. The van der Waals surface area contributed by atoms with Crippen LogP contribution in [-0.4, -0.2) is 41.6 Å². The second kappa shape index (κ2) is 9.12. The standard InChI is InChI=1S/C29H19Cl2NO7/c1-2-38-28(37)14-7-10-16(11-8-14)32-26(35)21-22(27(32)36)29(24(33)17-5-3-4-6-18(17)25(29)34)39-23(21)19-12-9-15(30)13-20(19)31/h3-13,21-23H,2H2,1H3/t21-,22-,23-/m0/s1. The molecule has 0 radical (unpaired) electrons. The molecule has 2 heterocycles. The minimum atomic E-state index is -2.23. The number of carbonyl (C=O) groups is 5. The van der Waals surface area contributed by atoms with Crippen molar-refractivity contribution in [2.24, 2.45) is 11.8 Å². The molecule has 2 aliphatic heterocycles. The summed E-state index contributed by atoms with van der Waals surface area (Å²) in [6, 6.07) is 16.5. The zero-order valence-corrected chi connectivity index (χ0v) is 21.9. The number of nitrogens with zero attached hydrogens (tertiary/aromatic N) is 1. The van der Waals surface area contributed by atoms with E-state index in [2.05, 4.69) is 0 Å². The number of Topliss-reactive ketones (excluding diaryl/α,β-unsaturated/α-hetero) is 2. The van der Waals surface area contributed by atoms with Crippen molar-refractivity contribution < 1.29 is 33.4 Å². The van der Waals surface area contributed by atoms with Crippen LogP contribution in [0.3, 0.4) is 0 Å². The van der Waals surface area contributed by atoms with Crippen LogP contribution >= 0.6 is 23.2 Å². The lowest BCUT2D eigenvalue weighted by molar-refractivity contribution is -0.127. The molecule has 2 amide bonds. The van der Waals surface area contributed by atoms with Crippen LogP contribution in [0.15, 0.2) is 66.7 Å². The summed E-state index contributed by atoms with van der Waals surface area (Å²) in [5.74, 6) is -5.96. The topological polar surface area (TPSA) is 107 Å². The number of rotatable bonds is 4. The van der Waals surface area contributed by atoms with Crippen molar-refractivity contribution in [2.45, 2.75) is 18.6 Å². The molecule has 1 spiro atoms. The Bertz CT molecular complexity index is 1560. The van der Waals surface area contributed by atoms with Gasteiger partial charge in [-0.2, -0.15) is 0 Å². The van der Waals surface area contributed by atoms with Crippen LogP contribution in [0.1, 0.15) is 49.7 Å². The van der Waals surface area contributed by atoms with Gasteiger partial charge in [-0.1, -0.05) is 53.5 Å². The first-order chi connectivity index (χ1) is 18.7. The molecule has 2 fully saturated rings. The Morgan fingerprint density at radius 3 is 2.15 bits per heavy atom. The summed E-state index contributed by atoms with van der Waals surface area (Å²) in [4.78, 5) is 68.7. The molecule has 0 saturated carbocycles. The van der Waals surface area contributed by atoms with E-state index in [1.165, 1.54) is 42.5 Å². The first-order valence-electron chi connectivity index (χ1n) is 12.2. The lowest BCUT2D eigenvalue weighted by atomic mass is 9.77. The number of hydrogen-bond acceptors (Lipinski definition) is 7. The van der Waals surface area contributed by atoms with Gasteiger partial charge in [-0.15, -0.1) is 0 Å². The third-order valence-electron chi connectivity index (χ3n) is 7.42. The maximum Gasteiger partial charge on any atom is 0.338 e. The Morgan fingerprint density at radius 2 is 1.56 bits per heavy atom. The van der Waals surface area contributed by atoms with Crippen LogP contribution < -0.4 is 4.90 Å². The normalized spacial score (nSPS) is 22.9. The summed E-state index contributed by atoms with van der Waals surface area (Å²) in [7, 11) is 0. The van der Waals surface area contributed by atoms with Crippen LogP contribution in [0.25, 0.3) is 0 Å². The van der Waals surface area contributed by atoms with Crippen molar-refractivity contribution in [1.82, 2.24) is 0 Å². The van der Waals surface area contributed by atoms with Crippen molar-refractivity contribution in [1.29, 1.82) is 0 Å². The van der Waals surface area contributed by atoms with Crippen LogP contribution in [0.2, 0.25) is 10.0 Å². The number of ether oxygens (including phenoxy) is 2. The fourth-order valence-corrected chi connectivity index (χ4v) is 6.26. The maximum absolute atomic E-state index is 14.0. The van der Waals surface area contributed by atoms with Crippen molar-refractivity contribution in [3.8, 4) is 0 Å². The van der Waals surface area contributed by atoms with Gasteiger partial charge < -0.3 is 9.47 Å². The quantitative estimate of drug-likeness (QED) is 0.253. The number of imide groups is 1. The van der Waals surface area contributed by atoms with Crippen molar-refractivity contribution in [2.75, 3.05) is 11.5 Å². The van der Waals surface area contributed by atoms with E-state index in [4.69, 9.17) is 32.7 Å². The smallest absolute Gasteiger partial charge is 0.338 e. The summed E-state index contributed by atoms with van der Waals surface area (Å²) in [6.45, 7) is 1.87. The van der Waals surface area contributed by atoms with E-state index in [1.54, 1.807) is 31.2 Å². The van der Waals surface area contributed by atoms with E-state index in [-0.39, 0.29) is 34.0 Å². The Hall–Kier alpha value is -3.85. The molecule has 0 unspecified atom stereocenters. The van der Waals surface area contributed by atoms with Gasteiger partial charge in [0.25, 0.3) is 0 Å². The van der Waals surface area contributed by atoms with E-state index in [0.29, 0.717) is 10.6 Å². The van der Waals surface area contributed by atoms with Gasteiger partial charge in [-0.25, -0.2) is 9.69 Å². The van der Waals surface area contributed by atoms with Crippen LogP contribution in [-0.2, 0) is 19.1 Å². The summed E-state index contributed by atoms with van der Waals surface area (Å²) >= 11 is 12.6. The fraction of sp³-hybridized carbons (Fsp3) is 0.207. The molecule has 3 aliphatic rings. The Kier molecular flexibility index (Phi) is 5.95. The second-order valence-corrected chi connectivity index (χ2v) is 10.3. The monoisotopic (exact) mass is 563 g/mol. The zero-order valence-electron chi connectivity index (χ0n) is 20.4. The molecule has 0 aromatic heterocycles. The average Bonchev–Trinajstić information content (AvgIpc) is 3.49. The number of halogens is 2. The van der Waals surface area contributed by atoms with E-state index < -0.39 is 52.9 Å². The summed E-state index contributed by atoms with van der Waals surface area (Å²) in [5, 5.41) is 0.502. The molecular formula is C29H19Cl2NO7. The number of benzene rings is 3. The van der Waals surface area contributed by atoms with Crippen molar-refractivity contribution in [3.05, 3.63) is 99.0 Å². The largest absolute Gasteiger partial charge is 0.462 e. The van der Waals surface area contributed by atoms with Crippen molar-refractivity contribution in [3.63, 3.8) is 0 Å². The molecule has 1 aliphatic carbocycles. The van der Waals surface area contributed by atoms with Gasteiger partial charge in [-0.05, 0) is 43.3 Å². The zero-order chi connectivity index (χ0) is 27.6. The number of fused-ring (bicyclic) bond motifs is 3. The average molecular weight is 564 g/mol. The molecule has 39 heavy (non-hydrogen) atoms. The molecule has 6 rings (SSSR count). The SMILES string of the molecule is CCOC(=O)c1ccc(N2C(=O)[C@H]3[C@@H](C2=O)C2(O[C@H]3c3ccc(Cl)cc3Cl)C(=O)c3ccccc3C2=O)cc1. The molecule has 0 N–H and O–H groups in total. The first kappa shape index (κ1) is 25.4. The van der Waals surface area contributed by atoms with E-state index in [1.807, 2.05) is 0 Å². The Morgan fingerprint density at radius 1 is 0.923 bits per heavy atom. The van der Waals surface area contributed by atoms with E-state index in [9.17, 15) is 24.0 Å². The molecule has 3 aromatic rings. The summed E-state index contributed by atoms with van der Waals surface area (Å²) in [5.41, 5.74) is -1.23. The second-order valence-electron chi connectivity index (χ2n) is 9.43. The Labute approximate surface area is 232 Å². The van der Waals surface area contributed by atoms with E-state index >= 15 is 0 Å². The van der Waals surface area contributed by atoms with Gasteiger partial charge in [0.1, 0.15) is 0 Å². The molecule has 2 saturated heterocycles. The van der Waals surface area contributed by atoms with Gasteiger partial charge in [0, 0.05) is 26.7 Å². The van der Waals surface area contributed by atoms with Crippen LogP contribution in [0.4, 0.5) is 5.69 Å². The summed E-state index contributed by atoms with van der Waals surface area (Å²) in [6.07, 6.45) is -1.18. The highest BCUT2D eigenvalue weighted by atomic mass is 35.5. The van der Waals surface area contributed by atoms with Crippen molar-refractivity contribution >= 4 is 58.2 Å². The molecule has 3 aromatic carbocycles. The highest BCUT2D eigenvalue weighted by molar-refractivity contribution is 6.37.